The van der Waals surface area contributed by atoms with Gasteiger partial charge >= 0.3 is 0 Å². The molecule has 1 heterocycles. The predicted molar refractivity (Wildman–Crippen MR) is 46.6 cm³/mol. The molecule has 1 saturated carbocycles. The van der Waals surface area contributed by atoms with Gasteiger partial charge in [0.15, 0.2) is 0 Å². The van der Waals surface area contributed by atoms with Crippen LogP contribution in [0.1, 0.15) is 30.5 Å². The van der Waals surface area contributed by atoms with E-state index in [0.29, 0.717) is 0 Å². The van der Waals surface area contributed by atoms with E-state index in [2.05, 4.69) is 24.2 Å². The van der Waals surface area contributed by atoms with Gasteiger partial charge < -0.3 is 4.98 Å². The van der Waals surface area contributed by atoms with Gasteiger partial charge in [0.1, 0.15) is 0 Å². The molecule has 60 valence electrons. The molecule has 1 aromatic heterocycles. The Labute approximate surface area is 67.8 Å². The number of hydrogen-bond donors (Lipinski definition) is 1. The minimum absolute atomic E-state index is 1.05. The molecule has 1 heteroatoms. The molecule has 1 aliphatic carbocycles. The van der Waals surface area contributed by atoms with Crippen molar-refractivity contribution in [1.29, 1.82) is 0 Å². The summed E-state index contributed by atoms with van der Waals surface area (Å²) >= 11 is 0. The highest BCUT2D eigenvalue weighted by atomic mass is 14.7. The number of hydrogen-bond acceptors (Lipinski definition) is 0. The summed E-state index contributed by atoms with van der Waals surface area (Å²) in [5, 5.41) is 0. The highest BCUT2D eigenvalue weighted by molar-refractivity contribution is 5.14. The molecule has 11 heavy (non-hydrogen) atoms. The minimum Gasteiger partial charge on any atom is -0.365 e. The first-order valence-corrected chi connectivity index (χ1v) is 4.48. The molecule has 1 aliphatic rings. The number of rotatable bonds is 3. The second kappa shape index (κ2) is 2.72. The lowest BCUT2D eigenvalue weighted by Gasteiger charge is -1.93. The highest BCUT2D eigenvalue weighted by Gasteiger charge is 2.20. The summed E-state index contributed by atoms with van der Waals surface area (Å²) in [6.45, 7) is 2.14. The Morgan fingerprint density at radius 1 is 1.55 bits per heavy atom. The van der Waals surface area contributed by atoms with Crippen molar-refractivity contribution in [2.24, 2.45) is 5.92 Å². The first-order valence-electron chi connectivity index (χ1n) is 4.48. The van der Waals surface area contributed by atoms with E-state index in [4.69, 9.17) is 0 Å². The van der Waals surface area contributed by atoms with Crippen molar-refractivity contribution in [2.75, 3.05) is 0 Å². The molecule has 1 N–H and O–H groups in total. The van der Waals surface area contributed by atoms with Crippen LogP contribution in [0.3, 0.4) is 0 Å². The third kappa shape index (κ3) is 1.86. The van der Waals surface area contributed by atoms with Crippen molar-refractivity contribution < 1.29 is 0 Å². The molecule has 2 rings (SSSR count). The molecular weight excluding hydrogens is 134 g/mol. The zero-order valence-electron chi connectivity index (χ0n) is 7.06. The fourth-order valence-electron chi connectivity index (χ4n) is 1.48. The van der Waals surface area contributed by atoms with Crippen LogP contribution in [0.5, 0.6) is 0 Å². The van der Waals surface area contributed by atoms with Gasteiger partial charge in [0.25, 0.3) is 0 Å². The number of H-pyrrole nitrogens is 1. The van der Waals surface area contributed by atoms with E-state index in [1.54, 1.807) is 0 Å². The van der Waals surface area contributed by atoms with Crippen LogP contribution in [0.15, 0.2) is 12.3 Å². The zero-order valence-corrected chi connectivity index (χ0v) is 7.06. The fourth-order valence-corrected chi connectivity index (χ4v) is 1.48. The van der Waals surface area contributed by atoms with Crippen LogP contribution < -0.4 is 0 Å². The lowest BCUT2D eigenvalue weighted by molar-refractivity contribution is 0.717. The summed E-state index contributed by atoms with van der Waals surface area (Å²) in [7, 11) is 0. The third-order valence-electron chi connectivity index (χ3n) is 2.41. The molecule has 0 saturated heterocycles. The first kappa shape index (κ1) is 6.96. The van der Waals surface area contributed by atoms with Gasteiger partial charge in [-0.2, -0.15) is 0 Å². The second-order valence-electron chi connectivity index (χ2n) is 3.68. The van der Waals surface area contributed by atoms with Gasteiger partial charge in [0.05, 0.1) is 0 Å². The molecular formula is C10H15N. The Morgan fingerprint density at radius 2 is 2.36 bits per heavy atom. The molecule has 0 aliphatic heterocycles. The van der Waals surface area contributed by atoms with Gasteiger partial charge in [-0.1, -0.05) is 12.8 Å². The monoisotopic (exact) mass is 149 g/mol. The molecule has 0 spiro atoms. The lowest BCUT2D eigenvalue weighted by Crippen LogP contribution is -1.85. The zero-order chi connectivity index (χ0) is 7.68. The van der Waals surface area contributed by atoms with Gasteiger partial charge in [-0.25, -0.2) is 0 Å². The van der Waals surface area contributed by atoms with Crippen molar-refractivity contribution in [3.8, 4) is 0 Å². The summed E-state index contributed by atoms with van der Waals surface area (Å²) in [6.07, 6.45) is 7.67. The summed E-state index contributed by atoms with van der Waals surface area (Å²) in [4.78, 5) is 3.29. The van der Waals surface area contributed by atoms with Crippen LogP contribution in [-0.4, -0.2) is 4.98 Å². The van der Waals surface area contributed by atoms with Crippen LogP contribution in [0, 0.1) is 12.8 Å². The molecule has 0 amide bonds. The summed E-state index contributed by atoms with van der Waals surface area (Å²) in [5.74, 6) is 1.05. The van der Waals surface area contributed by atoms with E-state index < -0.39 is 0 Å². The third-order valence-corrected chi connectivity index (χ3v) is 2.41. The topological polar surface area (TPSA) is 15.8 Å². The van der Waals surface area contributed by atoms with Crippen LogP contribution in [0.25, 0.3) is 0 Å². The first-order chi connectivity index (χ1) is 5.34. The van der Waals surface area contributed by atoms with Crippen molar-refractivity contribution in [2.45, 2.75) is 32.6 Å². The summed E-state index contributed by atoms with van der Waals surface area (Å²) in [6, 6.07) is 2.25. The normalized spacial score (nSPS) is 17.2. The SMILES string of the molecule is Cc1c[nH]c(CCC2CC2)c1. The van der Waals surface area contributed by atoms with Crippen LogP contribution in [0.2, 0.25) is 0 Å². The average Bonchev–Trinajstić information content (AvgIpc) is 2.72. The van der Waals surface area contributed by atoms with Crippen molar-refractivity contribution in [3.05, 3.63) is 23.5 Å². The quantitative estimate of drug-likeness (QED) is 0.680. The van der Waals surface area contributed by atoms with E-state index in [9.17, 15) is 0 Å². The molecule has 1 aromatic rings. The molecule has 0 aromatic carbocycles. The van der Waals surface area contributed by atoms with Crippen molar-refractivity contribution >= 4 is 0 Å². The predicted octanol–water partition coefficient (Wildman–Crippen LogP) is 2.67. The second-order valence-corrected chi connectivity index (χ2v) is 3.68. The van der Waals surface area contributed by atoms with Gasteiger partial charge in [-0.05, 0) is 37.3 Å². The van der Waals surface area contributed by atoms with E-state index in [1.165, 1.54) is 36.9 Å². The Kier molecular flexibility index (Phi) is 1.72. The van der Waals surface area contributed by atoms with Crippen LogP contribution in [0.4, 0.5) is 0 Å². The van der Waals surface area contributed by atoms with Crippen molar-refractivity contribution in [3.63, 3.8) is 0 Å². The Balaban J connectivity index is 1.85. The van der Waals surface area contributed by atoms with Crippen molar-refractivity contribution in [1.82, 2.24) is 4.98 Å². The summed E-state index contributed by atoms with van der Waals surface area (Å²) < 4.78 is 0. The number of aromatic nitrogens is 1. The smallest absolute Gasteiger partial charge is 0.0149 e. The Morgan fingerprint density at radius 3 is 2.91 bits per heavy atom. The average molecular weight is 149 g/mol. The van der Waals surface area contributed by atoms with Gasteiger partial charge in [-0.3, -0.25) is 0 Å². The fraction of sp³-hybridized carbons (Fsp3) is 0.600. The number of aromatic amines is 1. The maximum atomic E-state index is 3.29. The van der Waals surface area contributed by atoms with Gasteiger partial charge in [0, 0.05) is 11.9 Å². The highest BCUT2D eigenvalue weighted by Crippen LogP contribution is 2.33. The Hall–Kier alpha value is -0.720. The molecule has 0 radical (unpaired) electrons. The van der Waals surface area contributed by atoms with Gasteiger partial charge in [-0.15, -0.1) is 0 Å². The number of nitrogens with one attached hydrogen (secondary N) is 1. The molecule has 1 fully saturated rings. The standard InChI is InChI=1S/C10H15N/c1-8-6-10(11-7-8)5-4-9-2-3-9/h6-7,9,11H,2-5H2,1H3. The van der Waals surface area contributed by atoms with Crippen LogP contribution >= 0.6 is 0 Å². The minimum atomic E-state index is 1.05. The van der Waals surface area contributed by atoms with Gasteiger partial charge in [0.2, 0.25) is 0 Å². The van der Waals surface area contributed by atoms with Crippen LogP contribution in [-0.2, 0) is 6.42 Å². The molecule has 1 nitrogen and oxygen atoms in total. The molecule has 0 bridgehead atoms. The lowest BCUT2D eigenvalue weighted by atomic mass is 10.2. The maximum Gasteiger partial charge on any atom is 0.0149 e. The van der Waals surface area contributed by atoms with E-state index >= 15 is 0 Å². The Bertz CT molecular complexity index is 233. The molecule has 0 atom stereocenters. The van der Waals surface area contributed by atoms with E-state index in [-0.39, 0.29) is 0 Å². The van der Waals surface area contributed by atoms with E-state index in [0.717, 1.165) is 5.92 Å². The number of aryl methyl sites for hydroxylation is 2. The molecule has 0 unspecified atom stereocenters. The largest absolute Gasteiger partial charge is 0.365 e. The van der Waals surface area contributed by atoms with E-state index in [1.807, 2.05) is 0 Å². The summed E-state index contributed by atoms with van der Waals surface area (Å²) in [5.41, 5.74) is 2.77. The maximum absolute atomic E-state index is 3.29.